The van der Waals surface area contributed by atoms with Crippen LogP contribution in [0, 0.1) is 9.39 Å². The van der Waals surface area contributed by atoms with Crippen LogP contribution < -0.4 is 16.0 Å². The molecular weight excluding hydrogens is 500 g/mol. The maximum atomic E-state index is 14.3. The van der Waals surface area contributed by atoms with E-state index in [1.54, 1.807) is 18.2 Å². The summed E-state index contributed by atoms with van der Waals surface area (Å²) in [7, 11) is -4.34. The standard InChI is InChI=1S/C14H10ClFIN5O3S/c15-8-3-6(17)1-2-10(8)19-11-5-9(16)12(26(18,24)25)4-7(11)13-14(23)21-22-20-13/h1-5,19H,(H2,18,24,25)(H2,20,21,22,23). The van der Waals surface area contributed by atoms with Gasteiger partial charge in [-0.1, -0.05) is 11.6 Å². The van der Waals surface area contributed by atoms with Gasteiger partial charge in [0.2, 0.25) is 10.0 Å². The molecular formula is C14H10ClFIN5O3S. The number of hydrogen-bond donors (Lipinski definition) is 4. The number of hydrogen-bond acceptors (Lipinski definition) is 5. The molecule has 1 aromatic heterocycles. The van der Waals surface area contributed by atoms with E-state index in [-0.39, 0.29) is 16.9 Å². The third kappa shape index (κ3) is 3.75. The minimum Gasteiger partial charge on any atom is -0.354 e. The Morgan fingerprint density at radius 3 is 2.54 bits per heavy atom. The fourth-order valence-electron chi connectivity index (χ4n) is 2.23. The predicted molar refractivity (Wildman–Crippen MR) is 103 cm³/mol. The number of halogens is 3. The molecule has 26 heavy (non-hydrogen) atoms. The van der Waals surface area contributed by atoms with Crippen LogP contribution in [0.2, 0.25) is 5.02 Å². The van der Waals surface area contributed by atoms with E-state index < -0.39 is 26.3 Å². The third-order valence-electron chi connectivity index (χ3n) is 3.39. The molecule has 0 spiro atoms. The number of aromatic nitrogens is 3. The lowest BCUT2D eigenvalue weighted by Crippen LogP contribution is -2.15. The lowest BCUT2D eigenvalue weighted by molar-refractivity contribution is 0.568. The van der Waals surface area contributed by atoms with Crippen LogP contribution >= 0.6 is 34.2 Å². The zero-order chi connectivity index (χ0) is 19.1. The summed E-state index contributed by atoms with van der Waals surface area (Å²) in [5, 5.41) is 16.5. The van der Waals surface area contributed by atoms with E-state index >= 15 is 0 Å². The van der Waals surface area contributed by atoms with E-state index in [4.69, 9.17) is 16.7 Å². The average molecular weight is 510 g/mol. The van der Waals surface area contributed by atoms with Crippen LogP contribution in [0.1, 0.15) is 0 Å². The van der Waals surface area contributed by atoms with Gasteiger partial charge >= 0.3 is 0 Å². The van der Waals surface area contributed by atoms with E-state index in [9.17, 15) is 17.6 Å². The van der Waals surface area contributed by atoms with Crippen molar-refractivity contribution in [2.75, 3.05) is 5.32 Å². The average Bonchev–Trinajstić information content (AvgIpc) is 2.95. The fraction of sp³-hybridized carbons (Fsp3) is 0. The first-order chi connectivity index (χ1) is 12.2. The largest absolute Gasteiger partial charge is 0.354 e. The van der Waals surface area contributed by atoms with Crippen molar-refractivity contribution in [1.82, 2.24) is 15.4 Å². The Bertz CT molecular complexity index is 1160. The number of H-pyrrole nitrogens is 2. The van der Waals surface area contributed by atoms with Crippen molar-refractivity contribution in [3.63, 3.8) is 0 Å². The molecule has 3 rings (SSSR count). The van der Waals surface area contributed by atoms with Crippen LogP contribution in [-0.2, 0) is 10.0 Å². The maximum Gasteiger partial charge on any atom is 0.292 e. The normalized spacial score (nSPS) is 11.5. The lowest BCUT2D eigenvalue weighted by atomic mass is 10.1. The van der Waals surface area contributed by atoms with E-state index in [0.717, 1.165) is 15.7 Å². The number of benzene rings is 2. The zero-order valence-electron chi connectivity index (χ0n) is 12.7. The number of primary sulfonamides is 1. The maximum absolute atomic E-state index is 14.3. The quantitative estimate of drug-likeness (QED) is 0.401. The highest BCUT2D eigenvalue weighted by Crippen LogP contribution is 2.34. The second-order valence-corrected chi connectivity index (χ2v) is 8.33. The van der Waals surface area contributed by atoms with Gasteiger partial charge < -0.3 is 5.32 Å². The molecule has 0 fully saturated rings. The second-order valence-electron chi connectivity index (χ2n) is 5.15. The molecule has 0 saturated carbocycles. The highest BCUT2D eigenvalue weighted by atomic mass is 127. The van der Waals surface area contributed by atoms with Gasteiger partial charge in [0.05, 0.1) is 16.4 Å². The summed E-state index contributed by atoms with van der Waals surface area (Å²) in [5.41, 5.74) is -0.195. The van der Waals surface area contributed by atoms with Crippen LogP contribution in [0.4, 0.5) is 15.8 Å². The predicted octanol–water partition coefficient (Wildman–Crippen LogP) is 2.55. The van der Waals surface area contributed by atoms with E-state index in [0.29, 0.717) is 10.7 Å². The highest BCUT2D eigenvalue weighted by molar-refractivity contribution is 14.1. The molecule has 0 aliphatic heterocycles. The number of nitrogens with zero attached hydrogens (tertiary/aromatic N) is 1. The first-order valence-corrected chi connectivity index (χ1v) is 9.89. The second kappa shape index (κ2) is 6.98. The summed E-state index contributed by atoms with van der Waals surface area (Å²) in [6.07, 6.45) is 0. The summed E-state index contributed by atoms with van der Waals surface area (Å²) < 4.78 is 38.4. The Kier molecular flexibility index (Phi) is 5.05. The Hall–Kier alpha value is -1.96. The molecule has 0 radical (unpaired) electrons. The summed E-state index contributed by atoms with van der Waals surface area (Å²) in [4.78, 5) is 11.1. The van der Waals surface area contributed by atoms with Crippen molar-refractivity contribution in [2.24, 2.45) is 5.14 Å². The van der Waals surface area contributed by atoms with E-state index in [1.165, 1.54) is 0 Å². The van der Waals surface area contributed by atoms with Crippen molar-refractivity contribution in [3.05, 3.63) is 55.1 Å². The third-order valence-corrected chi connectivity index (χ3v) is 5.30. The van der Waals surface area contributed by atoms with Gasteiger partial charge in [0.15, 0.2) is 5.69 Å². The minimum absolute atomic E-state index is 0.0348. The van der Waals surface area contributed by atoms with Gasteiger partial charge in [-0.15, -0.1) is 0 Å². The van der Waals surface area contributed by atoms with Gasteiger partial charge in [-0.2, -0.15) is 5.10 Å². The molecule has 0 saturated heterocycles. The number of nitrogens with one attached hydrogen (secondary N) is 3. The van der Waals surface area contributed by atoms with Crippen LogP contribution in [0.15, 0.2) is 40.0 Å². The molecule has 0 aliphatic carbocycles. The Labute approximate surface area is 165 Å². The first-order valence-electron chi connectivity index (χ1n) is 6.88. The molecule has 2 aromatic carbocycles. The molecule has 3 aromatic rings. The van der Waals surface area contributed by atoms with E-state index in [2.05, 4.69) is 43.3 Å². The van der Waals surface area contributed by atoms with Crippen LogP contribution in [0.5, 0.6) is 0 Å². The number of sulfonamides is 1. The van der Waals surface area contributed by atoms with Gasteiger partial charge in [0.1, 0.15) is 10.7 Å². The Morgan fingerprint density at radius 2 is 1.96 bits per heavy atom. The van der Waals surface area contributed by atoms with Crippen LogP contribution in [0.3, 0.4) is 0 Å². The molecule has 5 N–H and O–H groups in total. The van der Waals surface area contributed by atoms with Crippen molar-refractivity contribution >= 4 is 55.6 Å². The Balaban J connectivity index is 2.22. The van der Waals surface area contributed by atoms with Crippen molar-refractivity contribution < 1.29 is 12.8 Å². The van der Waals surface area contributed by atoms with Crippen molar-refractivity contribution in [3.8, 4) is 11.3 Å². The highest BCUT2D eigenvalue weighted by Gasteiger charge is 2.22. The molecule has 1 heterocycles. The zero-order valence-corrected chi connectivity index (χ0v) is 16.4. The fourth-order valence-corrected chi connectivity index (χ4v) is 3.75. The molecule has 0 aliphatic rings. The molecule has 0 unspecified atom stereocenters. The van der Waals surface area contributed by atoms with Crippen molar-refractivity contribution in [1.29, 1.82) is 0 Å². The van der Waals surface area contributed by atoms with Gasteiger partial charge in [-0.05, 0) is 52.9 Å². The van der Waals surface area contributed by atoms with Gasteiger partial charge in [0, 0.05) is 9.13 Å². The van der Waals surface area contributed by atoms with Gasteiger partial charge in [-0.25, -0.2) is 28.3 Å². The summed E-state index contributed by atoms with van der Waals surface area (Å²) in [6.45, 7) is 0. The Morgan fingerprint density at radius 1 is 1.23 bits per heavy atom. The number of rotatable bonds is 4. The topological polar surface area (TPSA) is 134 Å². The number of aromatic amines is 2. The molecule has 136 valence electrons. The van der Waals surface area contributed by atoms with Crippen LogP contribution in [0.25, 0.3) is 11.3 Å². The molecule has 0 amide bonds. The summed E-state index contributed by atoms with van der Waals surface area (Å²) in [5.74, 6) is -1.08. The minimum atomic E-state index is -4.34. The monoisotopic (exact) mass is 509 g/mol. The van der Waals surface area contributed by atoms with Gasteiger partial charge in [0.25, 0.3) is 5.56 Å². The number of anilines is 2. The summed E-state index contributed by atoms with van der Waals surface area (Å²) in [6, 6.07) is 6.97. The van der Waals surface area contributed by atoms with Crippen molar-refractivity contribution in [2.45, 2.75) is 4.90 Å². The molecule has 0 bridgehead atoms. The SMILES string of the molecule is NS(=O)(=O)c1cc(-c2n[nH][nH]c2=O)c(Nc2ccc(I)cc2Cl)cc1F. The lowest BCUT2D eigenvalue weighted by Gasteiger charge is -2.14. The smallest absolute Gasteiger partial charge is 0.292 e. The van der Waals surface area contributed by atoms with Crippen LogP contribution in [-0.4, -0.2) is 23.8 Å². The summed E-state index contributed by atoms with van der Waals surface area (Å²) >= 11 is 8.24. The van der Waals surface area contributed by atoms with Gasteiger partial charge in [-0.3, -0.25) is 4.79 Å². The molecule has 8 nitrogen and oxygen atoms in total. The molecule has 0 atom stereocenters. The van der Waals surface area contributed by atoms with E-state index in [1.807, 2.05) is 0 Å². The number of nitrogens with two attached hydrogens (primary N) is 1. The first kappa shape index (κ1) is 18.8. The molecule has 12 heteroatoms.